The fourth-order valence-electron chi connectivity index (χ4n) is 4.57. The zero-order valence-electron chi connectivity index (χ0n) is 22.4. The first-order valence-corrected chi connectivity index (χ1v) is 14.2. The lowest BCUT2D eigenvalue weighted by molar-refractivity contribution is -0.305. The van der Waals surface area contributed by atoms with Crippen LogP contribution in [0.5, 0.6) is 0 Å². The number of benzene rings is 2. The van der Waals surface area contributed by atoms with Gasteiger partial charge >= 0.3 is 20.9 Å². The highest BCUT2D eigenvalue weighted by Gasteiger charge is 2.64. The van der Waals surface area contributed by atoms with Crippen LogP contribution in [0.1, 0.15) is 43.9 Å². The summed E-state index contributed by atoms with van der Waals surface area (Å²) in [7, 11) is -4.47. The lowest BCUT2D eigenvalue weighted by Gasteiger charge is -2.44. The molecular formula is C29H32F6O3Si. The number of hydrogen-bond donors (Lipinski definition) is 0. The van der Waals surface area contributed by atoms with E-state index < -0.39 is 37.5 Å². The summed E-state index contributed by atoms with van der Waals surface area (Å²) in [5.74, 6) is -0.224. The summed E-state index contributed by atoms with van der Waals surface area (Å²) in [6.07, 6.45) is -9.10. The molecule has 1 unspecified atom stereocenters. The van der Waals surface area contributed by atoms with Gasteiger partial charge in [0.1, 0.15) is 0 Å². The second-order valence-corrected chi connectivity index (χ2v) is 14.7. The number of aryl methyl sites for hydroxylation is 2. The minimum Gasteiger partial charge on any atom is -0.391 e. The standard InChI is InChI=1S/C29H32F6O3Si/c1-20-6-10-22(11-7-20)27(16-14-23(36)15-17-27)18-19-37-39(26(3,4)5,24-12-8-21(2)9-13-24)38-25(28(30,31)32)29(33,34)35/h6-17,25H,18-19H2,1-5H3. The van der Waals surface area contributed by atoms with E-state index in [9.17, 15) is 31.1 Å². The number of rotatable bonds is 8. The number of allylic oxidation sites excluding steroid dienone is 4. The molecule has 2 aromatic carbocycles. The van der Waals surface area contributed by atoms with Crippen LogP contribution < -0.4 is 5.19 Å². The van der Waals surface area contributed by atoms with Gasteiger partial charge in [-0.15, -0.1) is 0 Å². The molecule has 0 bridgehead atoms. The first kappa shape index (κ1) is 30.8. The Morgan fingerprint density at radius 3 is 1.69 bits per heavy atom. The van der Waals surface area contributed by atoms with Gasteiger partial charge in [0.2, 0.25) is 6.10 Å². The van der Waals surface area contributed by atoms with Crippen LogP contribution in [-0.4, -0.2) is 39.4 Å². The van der Waals surface area contributed by atoms with Crippen LogP contribution in [0.25, 0.3) is 0 Å². The molecular weight excluding hydrogens is 538 g/mol. The maximum atomic E-state index is 13.8. The Hall–Kier alpha value is -2.69. The SMILES string of the molecule is Cc1ccc(C2(CCO[Si](OC(C(F)(F)F)C(F)(F)F)(c3ccc(C)cc3)C(C)(C)C)C=CC(=O)C=C2)cc1. The molecule has 3 rings (SSSR count). The fourth-order valence-corrected chi connectivity index (χ4v) is 8.19. The molecule has 0 heterocycles. The smallest absolute Gasteiger partial charge is 0.391 e. The molecule has 1 aliphatic rings. The molecule has 0 spiro atoms. The van der Waals surface area contributed by atoms with E-state index in [2.05, 4.69) is 0 Å². The van der Waals surface area contributed by atoms with Crippen molar-refractivity contribution < 1.29 is 40.0 Å². The third kappa shape index (κ3) is 6.91. The van der Waals surface area contributed by atoms with E-state index in [0.29, 0.717) is 0 Å². The van der Waals surface area contributed by atoms with Crippen LogP contribution in [0.4, 0.5) is 26.3 Å². The largest absolute Gasteiger partial charge is 0.422 e. The third-order valence-electron chi connectivity index (χ3n) is 6.80. The van der Waals surface area contributed by atoms with Crippen molar-refractivity contribution in [3.05, 3.63) is 89.5 Å². The summed E-state index contributed by atoms with van der Waals surface area (Å²) >= 11 is 0. The Bertz CT molecular complexity index is 1180. The van der Waals surface area contributed by atoms with Gasteiger partial charge in [-0.1, -0.05) is 92.6 Å². The number of carbonyl (C=O) groups excluding carboxylic acids is 1. The van der Waals surface area contributed by atoms with Gasteiger partial charge in [-0.2, -0.15) is 26.3 Å². The Kier molecular flexibility index (Phi) is 8.74. The van der Waals surface area contributed by atoms with Gasteiger partial charge < -0.3 is 8.85 Å². The average Bonchev–Trinajstić information content (AvgIpc) is 2.81. The van der Waals surface area contributed by atoms with Gasteiger partial charge in [0, 0.05) is 17.1 Å². The summed E-state index contributed by atoms with van der Waals surface area (Å²) in [5.41, 5.74) is 1.74. The van der Waals surface area contributed by atoms with Crippen LogP contribution in [-0.2, 0) is 19.1 Å². The van der Waals surface area contributed by atoms with E-state index in [1.54, 1.807) is 31.2 Å². The molecule has 10 heteroatoms. The minimum absolute atomic E-state index is 0.152. The lowest BCUT2D eigenvalue weighted by Crippen LogP contribution is -2.65. The molecule has 39 heavy (non-hydrogen) atoms. The lowest BCUT2D eigenvalue weighted by atomic mass is 9.75. The number of hydrogen-bond acceptors (Lipinski definition) is 3. The molecule has 2 aromatic rings. The first-order chi connectivity index (χ1) is 17.9. The highest BCUT2D eigenvalue weighted by Crippen LogP contribution is 2.45. The van der Waals surface area contributed by atoms with Gasteiger partial charge in [-0.25, -0.2) is 0 Å². The van der Waals surface area contributed by atoms with Crippen molar-refractivity contribution in [2.75, 3.05) is 6.61 Å². The molecule has 0 N–H and O–H groups in total. The second kappa shape index (κ2) is 11.1. The van der Waals surface area contributed by atoms with Crippen LogP contribution >= 0.6 is 0 Å². The molecule has 0 radical (unpaired) electrons. The fraction of sp³-hybridized carbons (Fsp3) is 0.414. The van der Waals surface area contributed by atoms with Crippen molar-refractivity contribution in [2.24, 2.45) is 0 Å². The predicted octanol–water partition coefficient (Wildman–Crippen LogP) is 7.30. The molecule has 212 valence electrons. The molecule has 0 aliphatic heterocycles. The van der Waals surface area contributed by atoms with Gasteiger partial charge in [-0.3, -0.25) is 4.79 Å². The van der Waals surface area contributed by atoms with E-state index in [4.69, 9.17) is 8.85 Å². The third-order valence-corrected chi connectivity index (χ3v) is 11.0. The Labute approximate surface area is 225 Å². The Morgan fingerprint density at radius 1 is 0.795 bits per heavy atom. The van der Waals surface area contributed by atoms with Gasteiger partial charge in [0.15, 0.2) is 5.78 Å². The minimum atomic E-state index is -5.70. The van der Waals surface area contributed by atoms with Gasteiger partial charge in [0.25, 0.3) is 0 Å². The first-order valence-electron chi connectivity index (χ1n) is 12.4. The molecule has 0 saturated carbocycles. The van der Waals surface area contributed by atoms with E-state index in [0.717, 1.165) is 16.7 Å². The summed E-state index contributed by atoms with van der Waals surface area (Å²) < 4.78 is 93.9. The maximum absolute atomic E-state index is 13.8. The quantitative estimate of drug-likeness (QED) is 0.247. The highest BCUT2D eigenvalue weighted by molar-refractivity contribution is 6.83. The number of ketones is 1. The zero-order chi connectivity index (χ0) is 29.3. The Morgan fingerprint density at radius 2 is 1.26 bits per heavy atom. The molecule has 0 amide bonds. The van der Waals surface area contributed by atoms with Crippen LogP contribution in [0.2, 0.25) is 5.04 Å². The van der Waals surface area contributed by atoms with E-state index >= 15 is 0 Å². The molecule has 1 aliphatic carbocycles. The maximum Gasteiger partial charge on any atom is 0.422 e. The molecule has 1 atom stereocenters. The van der Waals surface area contributed by atoms with Crippen molar-refractivity contribution in [1.82, 2.24) is 0 Å². The van der Waals surface area contributed by atoms with Gasteiger partial charge in [0.05, 0.1) is 0 Å². The summed E-state index contributed by atoms with van der Waals surface area (Å²) in [4.78, 5) is 11.9. The summed E-state index contributed by atoms with van der Waals surface area (Å²) in [5, 5.41) is -1.07. The van der Waals surface area contributed by atoms with E-state index in [1.165, 1.54) is 45.1 Å². The van der Waals surface area contributed by atoms with Crippen LogP contribution in [0, 0.1) is 13.8 Å². The van der Waals surface area contributed by atoms with Crippen LogP contribution in [0.3, 0.4) is 0 Å². The molecule has 0 saturated heterocycles. The number of halogens is 6. The number of carbonyl (C=O) groups is 1. The van der Waals surface area contributed by atoms with Crippen molar-refractivity contribution in [3.63, 3.8) is 0 Å². The second-order valence-electron chi connectivity index (χ2n) is 10.9. The van der Waals surface area contributed by atoms with E-state index in [1.807, 2.05) is 31.2 Å². The molecule has 0 fully saturated rings. The summed E-state index contributed by atoms with van der Waals surface area (Å²) in [6.45, 7) is 8.02. The number of alkyl halides is 6. The average molecular weight is 571 g/mol. The van der Waals surface area contributed by atoms with E-state index in [-0.39, 0.29) is 24.0 Å². The predicted molar refractivity (Wildman–Crippen MR) is 140 cm³/mol. The monoisotopic (exact) mass is 570 g/mol. The summed E-state index contributed by atoms with van der Waals surface area (Å²) in [6, 6.07) is 13.7. The van der Waals surface area contributed by atoms with Crippen molar-refractivity contribution in [1.29, 1.82) is 0 Å². The van der Waals surface area contributed by atoms with Crippen molar-refractivity contribution in [2.45, 2.75) is 69.9 Å². The highest BCUT2D eigenvalue weighted by atomic mass is 28.4. The molecule has 3 nitrogen and oxygen atoms in total. The molecule has 0 aromatic heterocycles. The zero-order valence-corrected chi connectivity index (χ0v) is 23.4. The van der Waals surface area contributed by atoms with Gasteiger partial charge in [-0.05, 0) is 43.2 Å². The van der Waals surface area contributed by atoms with Crippen molar-refractivity contribution >= 4 is 19.5 Å². The van der Waals surface area contributed by atoms with Crippen molar-refractivity contribution in [3.8, 4) is 0 Å². The topological polar surface area (TPSA) is 35.5 Å². The van der Waals surface area contributed by atoms with Crippen LogP contribution in [0.15, 0.2) is 72.8 Å². The Balaban J connectivity index is 2.08. The normalized spacial score (nSPS) is 17.5.